The van der Waals surface area contributed by atoms with E-state index in [1.807, 2.05) is 66.7 Å². The molecule has 3 heteroatoms. The van der Waals surface area contributed by atoms with Gasteiger partial charge in [-0.05, 0) is 36.4 Å². The fraction of sp³-hybridized carbons (Fsp3) is 0. The molecule has 0 saturated heterocycles. The third-order valence-corrected chi connectivity index (χ3v) is 3.96. The van der Waals surface area contributed by atoms with Crippen LogP contribution in [0.4, 0.5) is 17.1 Å². The van der Waals surface area contributed by atoms with Crippen molar-refractivity contribution >= 4 is 28.0 Å². The number of anilines is 3. The quantitative estimate of drug-likeness (QED) is 0.509. The molecule has 0 unspecified atom stereocenters. The number of para-hydroxylation sites is 1. The van der Waals surface area contributed by atoms with Gasteiger partial charge < -0.3 is 11.1 Å². The van der Waals surface area contributed by atoms with Gasteiger partial charge in [-0.1, -0.05) is 48.5 Å². The van der Waals surface area contributed by atoms with E-state index in [0.717, 1.165) is 39.2 Å². The van der Waals surface area contributed by atoms with Crippen molar-refractivity contribution in [2.45, 2.75) is 0 Å². The number of rotatable bonds is 3. The molecule has 0 amide bonds. The number of nitrogens with two attached hydrogens (primary N) is 1. The van der Waals surface area contributed by atoms with Gasteiger partial charge in [0.05, 0.1) is 16.9 Å². The minimum absolute atomic E-state index is 0.730. The number of pyridine rings is 1. The largest absolute Gasteiger partial charge is 0.399 e. The van der Waals surface area contributed by atoms with Crippen molar-refractivity contribution in [2.75, 3.05) is 11.1 Å². The molecule has 0 aliphatic heterocycles. The molecule has 0 aliphatic carbocycles. The Balaban J connectivity index is 1.90. The lowest BCUT2D eigenvalue weighted by atomic mass is 10.1. The summed E-state index contributed by atoms with van der Waals surface area (Å²) >= 11 is 0. The molecule has 3 N–H and O–H groups in total. The highest BCUT2D eigenvalue weighted by Crippen LogP contribution is 2.31. The molecule has 4 rings (SSSR count). The molecule has 1 aromatic heterocycles. The predicted octanol–water partition coefficient (Wildman–Crippen LogP) is 5.23. The first kappa shape index (κ1) is 14.3. The summed E-state index contributed by atoms with van der Waals surface area (Å²) in [6.07, 6.45) is 0. The maximum absolute atomic E-state index is 5.98. The van der Waals surface area contributed by atoms with Crippen LogP contribution >= 0.6 is 0 Å². The Morgan fingerprint density at radius 3 is 2.21 bits per heavy atom. The SMILES string of the molecule is Nc1ccc2nc(-c3ccccc3)cc(Nc3ccccc3)c2c1. The van der Waals surface area contributed by atoms with E-state index in [0.29, 0.717) is 0 Å². The second kappa shape index (κ2) is 6.05. The van der Waals surface area contributed by atoms with Crippen LogP contribution in [-0.4, -0.2) is 4.98 Å². The lowest BCUT2D eigenvalue weighted by molar-refractivity contribution is 1.39. The second-order valence-corrected chi connectivity index (χ2v) is 5.69. The molecule has 0 fully saturated rings. The van der Waals surface area contributed by atoms with Crippen LogP contribution in [0.3, 0.4) is 0 Å². The number of benzene rings is 3. The van der Waals surface area contributed by atoms with E-state index in [-0.39, 0.29) is 0 Å². The molecule has 0 radical (unpaired) electrons. The number of nitrogens with zero attached hydrogens (tertiary/aromatic N) is 1. The van der Waals surface area contributed by atoms with Crippen molar-refractivity contribution in [2.24, 2.45) is 0 Å². The van der Waals surface area contributed by atoms with Crippen LogP contribution in [0.15, 0.2) is 84.9 Å². The molecule has 0 spiro atoms. The highest BCUT2D eigenvalue weighted by Gasteiger charge is 2.08. The molecule has 4 aromatic rings. The zero-order valence-corrected chi connectivity index (χ0v) is 13.1. The molecular formula is C21H17N3. The minimum Gasteiger partial charge on any atom is -0.399 e. The van der Waals surface area contributed by atoms with Gasteiger partial charge in [-0.15, -0.1) is 0 Å². The Morgan fingerprint density at radius 2 is 1.46 bits per heavy atom. The zero-order chi connectivity index (χ0) is 16.4. The zero-order valence-electron chi connectivity index (χ0n) is 13.1. The van der Waals surface area contributed by atoms with Crippen LogP contribution in [0.5, 0.6) is 0 Å². The van der Waals surface area contributed by atoms with Crippen molar-refractivity contribution in [3.05, 3.63) is 84.9 Å². The standard InChI is InChI=1S/C21H17N3/c22-16-11-12-19-18(13-16)21(23-17-9-5-2-6-10-17)14-20(24-19)15-7-3-1-4-8-15/h1-14H,22H2,(H,23,24). The van der Waals surface area contributed by atoms with Crippen LogP contribution in [0.25, 0.3) is 22.2 Å². The number of nitrogens with one attached hydrogen (secondary N) is 1. The number of hydrogen-bond donors (Lipinski definition) is 2. The van der Waals surface area contributed by atoms with Gasteiger partial charge in [0.1, 0.15) is 0 Å². The maximum Gasteiger partial charge on any atom is 0.0731 e. The van der Waals surface area contributed by atoms with Gasteiger partial charge in [0.25, 0.3) is 0 Å². The summed E-state index contributed by atoms with van der Waals surface area (Å²) in [4.78, 5) is 4.79. The normalized spacial score (nSPS) is 10.7. The highest BCUT2D eigenvalue weighted by atomic mass is 14.9. The summed E-state index contributed by atoms with van der Waals surface area (Å²) < 4.78 is 0. The minimum atomic E-state index is 0.730. The van der Waals surface area contributed by atoms with E-state index in [2.05, 4.69) is 23.5 Å². The summed E-state index contributed by atoms with van der Waals surface area (Å²) in [6.45, 7) is 0. The van der Waals surface area contributed by atoms with Crippen LogP contribution < -0.4 is 11.1 Å². The highest BCUT2D eigenvalue weighted by molar-refractivity contribution is 5.97. The number of aromatic nitrogens is 1. The number of fused-ring (bicyclic) bond motifs is 1. The van der Waals surface area contributed by atoms with Crippen molar-refractivity contribution in [1.82, 2.24) is 4.98 Å². The monoisotopic (exact) mass is 311 g/mol. The molecule has 0 atom stereocenters. The van der Waals surface area contributed by atoms with Crippen molar-refractivity contribution < 1.29 is 0 Å². The lowest BCUT2D eigenvalue weighted by Crippen LogP contribution is -1.96. The Labute approximate surface area is 140 Å². The van der Waals surface area contributed by atoms with Gasteiger partial charge in [-0.25, -0.2) is 4.98 Å². The van der Waals surface area contributed by atoms with Crippen molar-refractivity contribution in [3.8, 4) is 11.3 Å². The summed E-state index contributed by atoms with van der Waals surface area (Å²) in [7, 11) is 0. The molecule has 0 aliphatic rings. The fourth-order valence-corrected chi connectivity index (χ4v) is 2.78. The van der Waals surface area contributed by atoms with Crippen LogP contribution in [0.1, 0.15) is 0 Å². The van der Waals surface area contributed by atoms with Gasteiger partial charge >= 0.3 is 0 Å². The average molecular weight is 311 g/mol. The Bertz CT molecular complexity index is 980. The second-order valence-electron chi connectivity index (χ2n) is 5.69. The van der Waals surface area contributed by atoms with E-state index in [4.69, 9.17) is 10.7 Å². The summed E-state index contributed by atoms with van der Waals surface area (Å²) in [5, 5.41) is 4.50. The van der Waals surface area contributed by atoms with Gasteiger partial charge in [0, 0.05) is 22.3 Å². The van der Waals surface area contributed by atoms with Gasteiger partial charge in [-0.2, -0.15) is 0 Å². The van der Waals surface area contributed by atoms with Crippen LogP contribution in [-0.2, 0) is 0 Å². The van der Waals surface area contributed by atoms with E-state index in [1.54, 1.807) is 0 Å². The maximum atomic E-state index is 5.98. The smallest absolute Gasteiger partial charge is 0.0731 e. The molecular weight excluding hydrogens is 294 g/mol. The Kier molecular flexibility index (Phi) is 3.60. The lowest BCUT2D eigenvalue weighted by Gasteiger charge is -2.13. The van der Waals surface area contributed by atoms with Gasteiger partial charge in [0.15, 0.2) is 0 Å². The van der Waals surface area contributed by atoms with E-state index in [9.17, 15) is 0 Å². The van der Waals surface area contributed by atoms with Crippen molar-refractivity contribution in [3.63, 3.8) is 0 Å². The average Bonchev–Trinajstić information content (AvgIpc) is 2.63. The molecule has 1 heterocycles. The van der Waals surface area contributed by atoms with E-state index in [1.165, 1.54) is 0 Å². The third kappa shape index (κ3) is 2.79. The number of nitrogen functional groups attached to an aromatic ring is 1. The Morgan fingerprint density at radius 1 is 0.750 bits per heavy atom. The number of hydrogen-bond acceptors (Lipinski definition) is 3. The van der Waals surface area contributed by atoms with Gasteiger partial charge in [-0.3, -0.25) is 0 Å². The molecule has 3 aromatic carbocycles. The molecule has 0 saturated carbocycles. The Hall–Kier alpha value is -3.33. The first-order chi connectivity index (χ1) is 11.8. The first-order valence-corrected chi connectivity index (χ1v) is 7.87. The molecule has 24 heavy (non-hydrogen) atoms. The fourth-order valence-electron chi connectivity index (χ4n) is 2.78. The summed E-state index contributed by atoms with van der Waals surface area (Å²) in [5.74, 6) is 0. The molecule has 116 valence electrons. The molecule has 0 bridgehead atoms. The van der Waals surface area contributed by atoms with Crippen molar-refractivity contribution in [1.29, 1.82) is 0 Å². The van der Waals surface area contributed by atoms with Gasteiger partial charge in [0.2, 0.25) is 0 Å². The topological polar surface area (TPSA) is 50.9 Å². The first-order valence-electron chi connectivity index (χ1n) is 7.87. The molecule has 3 nitrogen and oxygen atoms in total. The van der Waals surface area contributed by atoms with Crippen LogP contribution in [0.2, 0.25) is 0 Å². The predicted molar refractivity (Wildman–Crippen MR) is 101 cm³/mol. The van der Waals surface area contributed by atoms with Crippen LogP contribution in [0, 0.1) is 0 Å². The summed E-state index contributed by atoms with van der Waals surface area (Å²) in [6, 6.07) is 28.2. The van der Waals surface area contributed by atoms with E-state index < -0.39 is 0 Å². The summed E-state index contributed by atoms with van der Waals surface area (Å²) in [5.41, 5.74) is 11.7. The van der Waals surface area contributed by atoms with E-state index >= 15 is 0 Å². The third-order valence-electron chi connectivity index (χ3n) is 3.96.